The van der Waals surface area contributed by atoms with Crippen LogP contribution < -0.4 is 0 Å². The van der Waals surface area contributed by atoms with Gasteiger partial charge in [-0.1, -0.05) is 25.5 Å². The Hall–Kier alpha value is -0.720. The van der Waals surface area contributed by atoms with E-state index in [1.54, 1.807) is 0 Å². The fourth-order valence-corrected chi connectivity index (χ4v) is 1.80. The van der Waals surface area contributed by atoms with Crippen molar-refractivity contribution in [2.45, 2.75) is 47.0 Å². The summed E-state index contributed by atoms with van der Waals surface area (Å²) in [5.41, 5.74) is 2.89. The molecule has 1 saturated heterocycles. The van der Waals surface area contributed by atoms with Crippen LogP contribution in [0.3, 0.4) is 0 Å². The lowest BCUT2D eigenvalue weighted by Gasteiger charge is -2.29. The van der Waals surface area contributed by atoms with Crippen molar-refractivity contribution < 1.29 is 0 Å². The molecule has 0 aromatic rings. The molecule has 1 aliphatic heterocycles. The summed E-state index contributed by atoms with van der Waals surface area (Å²) in [4.78, 5) is 2.51. The second-order valence-electron chi connectivity index (χ2n) is 4.92. The molecule has 0 aliphatic carbocycles. The molecule has 0 spiro atoms. The van der Waals surface area contributed by atoms with Crippen molar-refractivity contribution in [1.82, 2.24) is 4.90 Å². The van der Waals surface area contributed by atoms with E-state index in [1.165, 1.54) is 43.6 Å². The van der Waals surface area contributed by atoms with E-state index >= 15 is 0 Å². The zero-order valence-electron chi connectivity index (χ0n) is 10.7. The van der Waals surface area contributed by atoms with Crippen molar-refractivity contribution in [3.8, 4) is 0 Å². The van der Waals surface area contributed by atoms with Gasteiger partial charge in [0.1, 0.15) is 0 Å². The molecule has 0 aromatic heterocycles. The van der Waals surface area contributed by atoms with Gasteiger partial charge in [-0.2, -0.15) is 0 Å². The molecule has 0 saturated carbocycles. The number of hydrogen-bond acceptors (Lipinski definition) is 1. The van der Waals surface area contributed by atoms with Gasteiger partial charge in [-0.05, 0) is 45.1 Å². The van der Waals surface area contributed by atoms with Gasteiger partial charge in [-0.15, -0.1) is 0 Å². The summed E-state index contributed by atoms with van der Waals surface area (Å²) in [6.45, 7) is 11.4. The van der Waals surface area contributed by atoms with Crippen molar-refractivity contribution in [2.24, 2.45) is 5.92 Å². The van der Waals surface area contributed by atoms with Gasteiger partial charge in [0.05, 0.1) is 0 Å². The second-order valence-corrected chi connectivity index (χ2v) is 4.92. The molecule has 0 radical (unpaired) electrons. The van der Waals surface area contributed by atoms with E-state index in [9.17, 15) is 0 Å². The fourth-order valence-electron chi connectivity index (χ4n) is 1.80. The molecule has 0 atom stereocenters. The van der Waals surface area contributed by atoms with E-state index < -0.39 is 0 Å². The predicted molar refractivity (Wildman–Crippen MR) is 67.8 cm³/mol. The van der Waals surface area contributed by atoms with Crippen molar-refractivity contribution >= 4 is 0 Å². The van der Waals surface area contributed by atoms with Crippen LogP contribution in [-0.2, 0) is 0 Å². The van der Waals surface area contributed by atoms with Gasteiger partial charge in [-0.3, -0.25) is 0 Å². The molecule has 1 heterocycles. The highest BCUT2D eigenvalue weighted by molar-refractivity contribution is 5.16. The largest absolute Gasteiger partial charge is 0.375 e. The summed E-state index contributed by atoms with van der Waals surface area (Å²) < 4.78 is 0. The molecule has 0 aromatic carbocycles. The Bertz CT molecular complexity index is 242. The lowest BCUT2D eigenvalue weighted by atomic mass is 10.0. The summed E-state index contributed by atoms with van der Waals surface area (Å²) in [7, 11) is 0. The topological polar surface area (TPSA) is 3.24 Å². The SMILES string of the molecule is C/C(=C\C=C(/C)N1CCCCC1)C(C)C. The van der Waals surface area contributed by atoms with Crippen LogP contribution in [0.2, 0.25) is 0 Å². The van der Waals surface area contributed by atoms with Crippen molar-refractivity contribution in [3.05, 3.63) is 23.4 Å². The summed E-state index contributed by atoms with van der Waals surface area (Å²) in [5.74, 6) is 0.662. The summed E-state index contributed by atoms with van der Waals surface area (Å²) in [6.07, 6.45) is 8.68. The maximum Gasteiger partial charge on any atom is 0.0174 e. The number of likely N-dealkylation sites (tertiary alicyclic amines) is 1. The number of rotatable bonds is 3. The maximum absolute atomic E-state index is 2.51. The Morgan fingerprint density at radius 1 is 1.00 bits per heavy atom. The Kier molecular flexibility index (Phi) is 4.93. The summed E-state index contributed by atoms with van der Waals surface area (Å²) >= 11 is 0. The average Bonchev–Trinajstić information content (AvgIpc) is 2.26. The first kappa shape index (κ1) is 12.4. The molecule has 0 bridgehead atoms. The number of nitrogens with zero attached hydrogens (tertiary/aromatic N) is 1. The second kappa shape index (κ2) is 5.99. The van der Waals surface area contributed by atoms with Crippen LogP contribution in [0.1, 0.15) is 47.0 Å². The van der Waals surface area contributed by atoms with Crippen molar-refractivity contribution in [1.29, 1.82) is 0 Å². The number of hydrogen-bond donors (Lipinski definition) is 0. The quantitative estimate of drug-likeness (QED) is 0.633. The molecule has 0 unspecified atom stereocenters. The van der Waals surface area contributed by atoms with Crippen LogP contribution >= 0.6 is 0 Å². The maximum atomic E-state index is 2.51. The van der Waals surface area contributed by atoms with Gasteiger partial charge in [0.25, 0.3) is 0 Å². The lowest BCUT2D eigenvalue weighted by Crippen LogP contribution is -2.27. The van der Waals surface area contributed by atoms with E-state index in [0.717, 1.165) is 0 Å². The van der Waals surface area contributed by atoms with E-state index in [2.05, 4.69) is 44.7 Å². The highest BCUT2D eigenvalue weighted by Gasteiger charge is 2.09. The van der Waals surface area contributed by atoms with Crippen LogP contribution in [-0.4, -0.2) is 18.0 Å². The number of allylic oxidation sites excluding steroid dienone is 4. The third-order valence-corrected chi connectivity index (χ3v) is 3.35. The molecule has 0 N–H and O–H groups in total. The first-order valence-electron chi connectivity index (χ1n) is 6.21. The minimum Gasteiger partial charge on any atom is -0.375 e. The van der Waals surface area contributed by atoms with Crippen LogP contribution in [0.4, 0.5) is 0 Å². The smallest absolute Gasteiger partial charge is 0.0174 e. The van der Waals surface area contributed by atoms with Gasteiger partial charge in [0.2, 0.25) is 0 Å². The molecule has 86 valence electrons. The van der Waals surface area contributed by atoms with Crippen LogP contribution in [0.25, 0.3) is 0 Å². The summed E-state index contributed by atoms with van der Waals surface area (Å²) in [6, 6.07) is 0. The molecule has 1 aliphatic rings. The van der Waals surface area contributed by atoms with E-state index in [-0.39, 0.29) is 0 Å². The van der Waals surface area contributed by atoms with Gasteiger partial charge in [0.15, 0.2) is 0 Å². The fraction of sp³-hybridized carbons (Fsp3) is 0.714. The molecule has 1 nitrogen and oxygen atoms in total. The molecule has 1 fully saturated rings. The third kappa shape index (κ3) is 4.11. The van der Waals surface area contributed by atoms with Gasteiger partial charge in [0, 0.05) is 18.8 Å². The first-order chi connectivity index (χ1) is 7.11. The molecule has 1 rings (SSSR count). The Morgan fingerprint density at radius 2 is 1.60 bits per heavy atom. The van der Waals surface area contributed by atoms with Gasteiger partial charge >= 0.3 is 0 Å². The van der Waals surface area contributed by atoms with Crippen molar-refractivity contribution in [2.75, 3.05) is 13.1 Å². The summed E-state index contributed by atoms with van der Waals surface area (Å²) in [5, 5.41) is 0. The highest BCUT2D eigenvalue weighted by atomic mass is 15.1. The number of piperidine rings is 1. The predicted octanol–water partition coefficient (Wildman–Crippen LogP) is 3.98. The molecule has 15 heavy (non-hydrogen) atoms. The molecule has 0 amide bonds. The third-order valence-electron chi connectivity index (χ3n) is 3.35. The average molecular weight is 207 g/mol. The van der Waals surface area contributed by atoms with E-state index in [1.807, 2.05) is 0 Å². The van der Waals surface area contributed by atoms with Gasteiger partial charge < -0.3 is 4.90 Å². The van der Waals surface area contributed by atoms with E-state index in [4.69, 9.17) is 0 Å². The minimum atomic E-state index is 0.662. The highest BCUT2D eigenvalue weighted by Crippen LogP contribution is 2.15. The molecular weight excluding hydrogens is 182 g/mol. The van der Waals surface area contributed by atoms with E-state index in [0.29, 0.717) is 5.92 Å². The zero-order valence-corrected chi connectivity index (χ0v) is 10.7. The normalized spacial score (nSPS) is 19.9. The zero-order chi connectivity index (χ0) is 11.3. The molecule has 1 heteroatoms. The first-order valence-corrected chi connectivity index (χ1v) is 6.21. The minimum absolute atomic E-state index is 0.662. The lowest BCUT2D eigenvalue weighted by molar-refractivity contribution is 0.286. The van der Waals surface area contributed by atoms with Crippen LogP contribution in [0, 0.1) is 5.92 Å². The Morgan fingerprint density at radius 3 is 2.13 bits per heavy atom. The standard InChI is InChI=1S/C14H25N/c1-12(2)13(3)8-9-14(4)15-10-6-5-7-11-15/h8-9,12H,5-7,10-11H2,1-4H3/b13-8+,14-9+. The van der Waals surface area contributed by atoms with Crippen molar-refractivity contribution in [3.63, 3.8) is 0 Å². The van der Waals surface area contributed by atoms with Gasteiger partial charge in [-0.25, -0.2) is 0 Å². The molecular formula is C14H25N. The van der Waals surface area contributed by atoms with Crippen LogP contribution in [0.15, 0.2) is 23.4 Å². The van der Waals surface area contributed by atoms with Crippen LogP contribution in [0.5, 0.6) is 0 Å². The Labute approximate surface area is 94.9 Å². The monoisotopic (exact) mass is 207 g/mol. The Balaban J connectivity index is 2.54.